The lowest BCUT2D eigenvalue weighted by atomic mass is 10.1. The maximum Gasteiger partial charge on any atom is 0.269 e. The molecule has 0 fully saturated rings. The molecule has 0 heterocycles. The topological polar surface area (TPSA) is 95.5 Å². The number of nitro benzene ring substituents is 1. The number of non-ortho nitro benzene ring substituents is 1. The number of nitro groups is 1. The van der Waals surface area contributed by atoms with Crippen molar-refractivity contribution in [2.24, 2.45) is 5.73 Å². The second-order valence-corrected chi connectivity index (χ2v) is 4.08. The SMILES string of the molecule is COC(I)c1cc([N+](=O)[O-])ccc1C(N)=O. The molecule has 0 aliphatic rings. The summed E-state index contributed by atoms with van der Waals surface area (Å²) in [5.41, 5.74) is 5.70. The molecule has 2 N–H and O–H groups in total. The van der Waals surface area contributed by atoms with E-state index in [9.17, 15) is 14.9 Å². The minimum Gasteiger partial charge on any atom is -0.366 e. The fraction of sp³-hybridized carbons (Fsp3) is 0.222. The lowest BCUT2D eigenvalue weighted by Gasteiger charge is -2.11. The minimum absolute atomic E-state index is 0.0984. The molecule has 1 unspecified atom stereocenters. The van der Waals surface area contributed by atoms with E-state index >= 15 is 0 Å². The normalized spacial score (nSPS) is 12.1. The van der Waals surface area contributed by atoms with E-state index in [-0.39, 0.29) is 11.3 Å². The number of nitrogens with zero attached hydrogens (tertiary/aromatic N) is 1. The average molecular weight is 336 g/mol. The molecule has 7 heteroatoms. The molecule has 0 spiro atoms. The van der Waals surface area contributed by atoms with Crippen molar-refractivity contribution in [2.45, 2.75) is 4.11 Å². The number of halogens is 1. The van der Waals surface area contributed by atoms with Crippen molar-refractivity contribution >= 4 is 34.2 Å². The number of rotatable bonds is 4. The molecule has 16 heavy (non-hydrogen) atoms. The Kier molecular flexibility index (Phi) is 4.19. The molecule has 0 aliphatic heterocycles. The number of alkyl halides is 1. The zero-order valence-corrected chi connectivity index (χ0v) is 10.5. The number of benzene rings is 1. The first kappa shape index (κ1) is 12.8. The molecule has 0 radical (unpaired) electrons. The van der Waals surface area contributed by atoms with Crippen LogP contribution in [0.3, 0.4) is 0 Å². The van der Waals surface area contributed by atoms with E-state index in [1.165, 1.54) is 25.3 Å². The molecule has 86 valence electrons. The Labute approximate surface area is 105 Å². The Hall–Kier alpha value is -1.22. The highest BCUT2D eigenvalue weighted by molar-refractivity contribution is 14.1. The lowest BCUT2D eigenvalue weighted by molar-refractivity contribution is -0.384. The number of primary amides is 1. The van der Waals surface area contributed by atoms with Crippen LogP contribution in [0.15, 0.2) is 18.2 Å². The van der Waals surface area contributed by atoms with Gasteiger partial charge in [-0.3, -0.25) is 14.9 Å². The van der Waals surface area contributed by atoms with Crippen molar-refractivity contribution in [3.63, 3.8) is 0 Å². The molecule has 1 aromatic rings. The standard InChI is InChI=1S/C9H9IN2O4/c1-16-8(10)7-4-5(12(14)15)2-3-6(7)9(11)13/h2-4,8H,1H3,(H2,11,13). The zero-order chi connectivity index (χ0) is 12.3. The van der Waals surface area contributed by atoms with Crippen molar-refractivity contribution in [1.29, 1.82) is 0 Å². The lowest BCUT2D eigenvalue weighted by Crippen LogP contribution is -2.15. The molecule has 1 amide bonds. The minimum atomic E-state index is -0.636. The van der Waals surface area contributed by atoms with E-state index in [4.69, 9.17) is 10.5 Å². The summed E-state index contributed by atoms with van der Waals surface area (Å²) in [6.07, 6.45) is 0. The summed E-state index contributed by atoms with van der Waals surface area (Å²) in [7, 11) is 1.45. The first-order valence-electron chi connectivity index (χ1n) is 4.22. The summed E-state index contributed by atoms with van der Waals surface area (Å²) < 4.78 is 4.56. The predicted octanol–water partition coefficient (Wildman–Crippen LogP) is 1.77. The molecule has 1 aromatic carbocycles. The van der Waals surface area contributed by atoms with E-state index in [1.807, 2.05) is 22.6 Å². The van der Waals surface area contributed by atoms with Crippen LogP contribution in [-0.2, 0) is 4.74 Å². The Morgan fingerprint density at radius 3 is 2.69 bits per heavy atom. The second kappa shape index (κ2) is 5.21. The fourth-order valence-corrected chi connectivity index (χ4v) is 1.72. The van der Waals surface area contributed by atoms with Crippen molar-refractivity contribution in [3.05, 3.63) is 39.4 Å². The van der Waals surface area contributed by atoms with Crippen LogP contribution in [0.25, 0.3) is 0 Å². The van der Waals surface area contributed by atoms with Gasteiger partial charge < -0.3 is 10.5 Å². The van der Waals surface area contributed by atoms with E-state index in [0.29, 0.717) is 5.56 Å². The van der Waals surface area contributed by atoms with Gasteiger partial charge in [0.25, 0.3) is 5.69 Å². The molecule has 1 rings (SSSR count). The quantitative estimate of drug-likeness (QED) is 0.392. The number of ether oxygens (including phenoxy) is 1. The first-order chi connectivity index (χ1) is 7.47. The number of methoxy groups -OCH3 is 1. The van der Waals surface area contributed by atoms with Gasteiger partial charge in [-0.05, 0) is 28.7 Å². The summed E-state index contributed by atoms with van der Waals surface area (Å²) in [6, 6.07) is 3.86. The van der Waals surface area contributed by atoms with Gasteiger partial charge in [0.2, 0.25) is 5.91 Å². The Morgan fingerprint density at radius 1 is 1.62 bits per heavy atom. The summed E-state index contributed by atoms with van der Waals surface area (Å²) in [6.45, 7) is 0. The summed E-state index contributed by atoms with van der Waals surface area (Å²) in [5, 5.41) is 10.6. The maximum atomic E-state index is 11.1. The number of nitrogens with two attached hydrogens (primary N) is 1. The van der Waals surface area contributed by atoms with Gasteiger partial charge in [0.15, 0.2) is 0 Å². The third kappa shape index (κ3) is 2.67. The number of hydrogen-bond donors (Lipinski definition) is 1. The molecule has 0 saturated heterocycles. The van der Waals surface area contributed by atoms with Gasteiger partial charge in [0.1, 0.15) is 4.11 Å². The molecular formula is C9H9IN2O4. The number of carbonyl (C=O) groups excluding carboxylic acids is 1. The highest BCUT2D eigenvalue weighted by Gasteiger charge is 2.19. The maximum absolute atomic E-state index is 11.1. The average Bonchev–Trinajstić information content (AvgIpc) is 2.26. The van der Waals surface area contributed by atoms with Crippen LogP contribution in [-0.4, -0.2) is 17.9 Å². The van der Waals surface area contributed by atoms with E-state index in [0.717, 1.165) is 0 Å². The third-order valence-electron chi connectivity index (χ3n) is 1.96. The van der Waals surface area contributed by atoms with Crippen molar-refractivity contribution in [3.8, 4) is 0 Å². The Balaban J connectivity index is 3.32. The molecule has 6 nitrogen and oxygen atoms in total. The van der Waals surface area contributed by atoms with Crippen LogP contribution in [0.1, 0.15) is 20.0 Å². The van der Waals surface area contributed by atoms with Crippen molar-refractivity contribution in [2.75, 3.05) is 7.11 Å². The van der Waals surface area contributed by atoms with Gasteiger partial charge in [-0.15, -0.1) is 0 Å². The van der Waals surface area contributed by atoms with Gasteiger partial charge in [0, 0.05) is 30.4 Å². The molecule has 0 aliphatic carbocycles. The number of amides is 1. The smallest absolute Gasteiger partial charge is 0.269 e. The van der Waals surface area contributed by atoms with Gasteiger partial charge in [-0.1, -0.05) is 0 Å². The van der Waals surface area contributed by atoms with Crippen molar-refractivity contribution in [1.82, 2.24) is 0 Å². The van der Waals surface area contributed by atoms with Crippen LogP contribution < -0.4 is 5.73 Å². The molecule has 0 bridgehead atoms. The summed E-state index contributed by atoms with van der Waals surface area (Å²) in [5.74, 6) is -0.636. The van der Waals surface area contributed by atoms with Crippen LogP contribution >= 0.6 is 22.6 Å². The predicted molar refractivity (Wildman–Crippen MR) is 65.4 cm³/mol. The molecular weight excluding hydrogens is 327 g/mol. The second-order valence-electron chi connectivity index (χ2n) is 2.94. The van der Waals surface area contributed by atoms with Crippen molar-refractivity contribution < 1.29 is 14.5 Å². The monoisotopic (exact) mass is 336 g/mol. The van der Waals surface area contributed by atoms with Crippen LogP contribution in [0.4, 0.5) is 5.69 Å². The highest BCUT2D eigenvalue weighted by atomic mass is 127. The van der Waals surface area contributed by atoms with Crippen LogP contribution in [0, 0.1) is 10.1 Å². The van der Waals surface area contributed by atoms with E-state index in [2.05, 4.69) is 0 Å². The van der Waals surface area contributed by atoms with Gasteiger partial charge in [-0.25, -0.2) is 0 Å². The first-order valence-corrected chi connectivity index (χ1v) is 5.47. The van der Waals surface area contributed by atoms with Gasteiger partial charge in [-0.2, -0.15) is 0 Å². The molecule has 1 atom stereocenters. The number of hydrogen-bond acceptors (Lipinski definition) is 4. The highest BCUT2D eigenvalue weighted by Crippen LogP contribution is 2.30. The fourth-order valence-electron chi connectivity index (χ4n) is 1.20. The Morgan fingerprint density at radius 2 is 2.25 bits per heavy atom. The summed E-state index contributed by atoms with van der Waals surface area (Å²) in [4.78, 5) is 21.2. The van der Waals surface area contributed by atoms with Gasteiger partial charge >= 0.3 is 0 Å². The molecule has 0 aromatic heterocycles. The third-order valence-corrected chi connectivity index (χ3v) is 3.14. The largest absolute Gasteiger partial charge is 0.366 e. The van der Waals surface area contributed by atoms with Crippen LogP contribution in [0.5, 0.6) is 0 Å². The van der Waals surface area contributed by atoms with Gasteiger partial charge in [0.05, 0.1) is 4.92 Å². The number of carbonyl (C=O) groups is 1. The molecule has 0 saturated carbocycles. The van der Waals surface area contributed by atoms with Crippen LogP contribution in [0.2, 0.25) is 0 Å². The van der Waals surface area contributed by atoms with E-state index < -0.39 is 14.9 Å². The van der Waals surface area contributed by atoms with E-state index in [1.54, 1.807) is 0 Å². The summed E-state index contributed by atoms with van der Waals surface area (Å²) >= 11 is 1.92. The zero-order valence-electron chi connectivity index (χ0n) is 8.34. The Bertz CT molecular complexity index is 436.